The van der Waals surface area contributed by atoms with Crippen molar-refractivity contribution in [3.8, 4) is 11.5 Å². The van der Waals surface area contributed by atoms with Crippen molar-refractivity contribution >= 4 is 11.7 Å². The lowest BCUT2D eigenvalue weighted by Gasteiger charge is -2.21. The lowest BCUT2D eigenvalue weighted by atomic mass is 10.2. The third-order valence-corrected chi connectivity index (χ3v) is 4.22. The second kappa shape index (κ2) is 6.46. The molecule has 2 N–H and O–H groups in total. The van der Waals surface area contributed by atoms with E-state index in [1.807, 2.05) is 18.2 Å². The molecule has 0 atom stereocenters. The number of fused-ring (bicyclic) bond motifs is 1. The van der Waals surface area contributed by atoms with E-state index in [4.69, 9.17) is 9.47 Å². The van der Waals surface area contributed by atoms with Crippen LogP contribution in [0.5, 0.6) is 11.5 Å². The Morgan fingerprint density at radius 1 is 1.18 bits per heavy atom. The Bertz CT molecular complexity index is 539. The maximum absolute atomic E-state index is 11.8. The number of hydrogen-bond donors (Lipinski definition) is 2. The highest BCUT2D eigenvalue weighted by atomic mass is 16.7. The summed E-state index contributed by atoms with van der Waals surface area (Å²) in [6.45, 7) is 2.84. The predicted molar refractivity (Wildman–Crippen MR) is 85.4 cm³/mol. The molecule has 2 amide bonds. The molecule has 1 aliphatic carbocycles. The van der Waals surface area contributed by atoms with Gasteiger partial charge < -0.3 is 20.1 Å². The van der Waals surface area contributed by atoms with Crippen molar-refractivity contribution in [2.24, 2.45) is 0 Å². The summed E-state index contributed by atoms with van der Waals surface area (Å²) in [5, 5.41) is 5.70. The molecule has 1 heterocycles. The van der Waals surface area contributed by atoms with Gasteiger partial charge in [-0.05, 0) is 31.4 Å². The van der Waals surface area contributed by atoms with Gasteiger partial charge in [0, 0.05) is 31.1 Å². The van der Waals surface area contributed by atoms with Crippen molar-refractivity contribution in [1.29, 1.82) is 0 Å². The van der Waals surface area contributed by atoms with Crippen LogP contribution in [0.3, 0.4) is 0 Å². The number of nitrogens with one attached hydrogen (secondary N) is 2. The fourth-order valence-corrected chi connectivity index (χ4v) is 3.04. The van der Waals surface area contributed by atoms with Crippen LogP contribution in [0, 0.1) is 0 Å². The number of carbonyl (C=O) groups is 1. The summed E-state index contributed by atoms with van der Waals surface area (Å²) in [6, 6.07) is 5.39. The molecular weight excluding hydrogens is 280 g/mol. The molecule has 0 unspecified atom stereocenters. The molecule has 1 spiro atoms. The molecule has 1 fully saturated rings. The molecule has 0 radical (unpaired) electrons. The van der Waals surface area contributed by atoms with Crippen molar-refractivity contribution in [3.63, 3.8) is 0 Å². The van der Waals surface area contributed by atoms with Gasteiger partial charge in [0.25, 0.3) is 5.79 Å². The summed E-state index contributed by atoms with van der Waals surface area (Å²) in [7, 11) is 0. The molecule has 0 saturated heterocycles. The Morgan fingerprint density at radius 3 is 2.73 bits per heavy atom. The van der Waals surface area contributed by atoms with Crippen LogP contribution in [0.1, 0.15) is 51.9 Å². The number of urea groups is 1. The van der Waals surface area contributed by atoms with Crippen LogP contribution >= 0.6 is 0 Å². The molecule has 1 saturated carbocycles. The molecule has 1 aromatic rings. The van der Waals surface area contributed by atoms with E-state index in [9.17, 15) is 4.79 Å². The first-order valence-electron chi connectivity index (χ1n) is 8.28. The maximum atomic E-state index is 11.8. The first-order valence-corrected chi connectivity index (χ1v) is 8.28. The summed E-state index contributed by atoms with van der Waals surface area (Å²) in [5.74, 6) is 1.05. The van der Waals surface area contributed by atoms with E-state index in [1.54, 1.807) is 0 Å². The third-order valence-electron chi connectivity index (χ3n) is 4.22. The minimum absolute atomic E-state index is 0.175. The minimum Gasteiger partial charge on any atom is -0.448 e. The first kappa shape index (κ1) is 15.0. The van der Waals surface area contributed by atoms with E-state index in [0.717, 1.165) is 62.1 Å². The number of hydrogen-bond acceptors (Lipinski definition) is 3. The van der Waals surface area contributed by atoms with Crippen molar-refractivity contribution < 1.29 is 14.3 Å². The van der Waals surface area contributed by atoms with Crippen molar-refractivity contribution in [1.82, 2.24) is 5.32 Å². The molecule has 2 aliphatic rings. The van der Waals surface area contributed by atoms with Crippen molar-refractivity contribution in [3.05, 3.63) is 18.2 Å². The van der Waals surface area contributed by atoms with Gasteiger partial charge >= 0.3 is 6.03 Å². The van der Waals surface area contributed by atoms with Crippen LogP contribution in [0.25, 0.3) is 0 Å². The van der Waals surface area contributed by atoms with E-state index in [2.05, 4.69) is 17.6 Å². The van der Waals surface area contributed by atoms with E-state index >= 15 is 0 Å². The molecule has 3 rings (SSSR count). The van der Waals surface area contributed by atoms with E-state index in [-0.39, 0.29) is 6.03 Å². The smallest absolute Gasteiger partial charge is 0.319 e. The van der Waals surface area contributed by atoms with Gasteiger partial charge in [-0.25, -0.2) is 4.79 Å². The van der Waals surface area contributed by atoms with Gasteiger partial charge in [-0.15, -0.1) is 0 Å². The normalized spacial score (nSPS) is 17.7. The van der Waals surface area contributed by atoms with Gasteiger partial charge in [-0.1, -0.05) is 19.8 Å². The zero-order valence-electron chi connectivity index (χ0n) is 13.1. The molecule has 1 aromatic carbocycles. The van der Waals surface area contributed by atoms with E-state index < -0.39 is 5.79 Å². The van der Waals surface area contributed by atoms with Gasteiger partial charge in [0.2, 0.25) is 0 Å². The SMILES string of the molecule is CCCCCNC(=O)Nc1ccc2c(c1)OC1(CCCC1)O2. The van der Waals surface area contributed by atoms with Crippen molar-refractivity contribution in [2.75, 3.05) is 11.9 Å². The summed E-state index contributed by atoms with van der Waals surface area (Å²) < 4.78 is 12.0. The Labute approximate surface area is 131 Å². The largest absolute Gasteiger partial charge is 0.448 e. The van der Waals surface area contributed by atoms with Gasteiger partial charge in [0.15, 0.2) is 11.5 Å². The Balaban J connectivity index is 1.55. The van der Waals surface area contributed by atoms with Gasteiger partial charge in [-0.3, -0.25) is 0 Å². The topological polar surface area (TPSA) is 59.6 Å². The monoisotopic (exact) mass is 304 g/mol. The fourth-order valence-electron chi connectivity index (χ4n) is 3.04. The van der Waals surface area contributed by atoms with Crippen LogP contribution in [0.4, 0.5) is 10.5 Å². The molecule has 120 valence electrons. The summed E-state index contributed by atoms with van der Waals surface area (Å²) in [4.78, 5) is 11.8. The number of unbranched alkanes of at least 4 members (excludes halogenated alkanes) is 2. The highest BCUT2D eigenvalue weighted by Crippen LogP contribution is 2.47. The van der Waals surface area contributed by atoms with Crippen LogP contribution in [-0.2, 0) is 0 Å². The average Bonchev–Trinajstić information content (AvgIpc) is 3.10. The lowest BCUT2D eigenvalue weighted by Crippen LogP contribution is -2.34. The number of rotatable bonds is 5. The molecular formula is C17H24N2O3. The molecule has 5 heteroatoms. The molecule has 5 nitrogen and oxygen atoms in total. The average molecular weight is 304 g/mol. The number of benzene rings is 1. The highest BCUT2D eigenvalue weighted by molar-refractivity contribution is 5.89. The predicted octanol–water partition coefficient (Wildman–Crippen LogP) is 4.04. The Morgan fingerprint density at radius 2 is 1.95 bits per heavy atom. The molecule has 22 heavy (non-hydrogen) atoms. The standard InChI is InChI=1S/C17H24N2O3/c1-2-3-6-11-18-16(20)19-13-7-8-14-15(12-13)22-17(21-14)9-4-5-10-17/h7-8,12H,2-6,9-11H2,1H3,(H2,18,19,20). The third kappa shape index (κ3) is 3.29. The fraction of sp³-hybridized carbons (Fsp3) is 0.588. The van der Waals surface area contributed by atoms with E-state index in [0.29, 0.717) is 6.54 Å². The second-order valence-corrected chi connectivity index (χ2v) is 6.07. The van der Waals surface area contributed by atoms with Crippen LogP contribution in [-0.4, -0.2) is 18.4 Å². The van der Waals surface area contributed by atoms with Crippen LogP contribution in [0.2, 0.25) is 0 Å². The lowest BCUT2D eigenvalue weighted by molar-refractivity contribution is -0.0716. The van der Waals surface area contributed by atoms with Gasteiger partial charge in [0.1, 0.15) is 0 Å². The quantitative estimate of drug-likeness (QED) is 0.807. The summed E-state index contributed by atoms with van der Waals surface area (Å²) in [6.07, 6.45) is 7.43. The minimum atomic E-state index is -0.455. The van der Waals surface area contributed by atoms with Crippen molar-refractivity contribution in [2.45, 2.75) is 57.7 Å². The number of anilines is 1. The summed E-state index contributed by atoms with van der Waals surface area (Å²) >= 11 is 0. The van der Waals surface area contributed by atoms with E-state index in [1.165, 1.54) is 0 Å². The summed E-state index contributed by atoms with van der Waals surface area (Å²) in [5.41, 5.74) is 0.727. The van der Waals surface area contributed by atoms with Crippen LogP contribution < -0.4 is 20.1 Å². The highest BCUT2D eigenvalue weighted by Gasteiger charge is 2.44. The van der Waals surface area contributed by atoms with Gasteiger partial charge in [0.05, 0.1) is 0 Å². The maximum Gasteiger partial charge on any atom is 0.319 e. The zero-order valence-corrected chi connectivity index (χ0v) is 13.1. The number of carbonyl (C=O) groups excluding carboxylic acids is 1. The molecule has 0 aromatic heterocycles. The Hall–Kier alpha value is -1.91. The zero-order chi connectivity index (χ0) is 15.4. The van der Waals surface area contributed by atoms with Gasteiger partial charge in [-0.2, -0.15) is 0 Å². The first-order chi connectivity index (χ1) is 10.7. The molecule has 0 bridgehead atoms. The number of amides is 2. The van der Waals surface area contributed by atoms with Crippen LogP contribution in [0.15, 0.2) is 18.2 Å². The molecule has 1 aliphatic heterocycles. The second-order valence-electron chi connectivity index (χ2n) is 6.07. The number of ether oxygens (including phenoxy) is 2. The Kier molecular flexibility index (Phi) is 4.41.